The second-order valence-corrected chi connectivity index (χ2v) is 8.26. The Morgan fingerprint density at radius 2 is 1.90 bits per heavy atom. The lowest BCUT2D eigenvalue weighted by atomic mass is 10.2. The number of fused-ring (bicyclic) bond motifs is 3. The molecule has 0 aliphatic heterocycles. The lowest BCUT2D eigenvalue weighted by Crippen LogP contribution is -2.21. The maximum absolute atomic E-state index is 13.4. The van der Waals surface area contributed by atoms with Crippen LogP contribution in [0.2, 0.25) is 0 Å². The molecule has 1 aliphatic rings. The molecule has 0 radical (unpaired) electrons. The number of nitro benzene ring substituents is 1. The smallest absolute Gasteiger partial charge is 0.284 e. The first-order valence-electron chi connectivity index (χ1n) is 9.78. The van der Waals surface area contributed by atoms with Crippen LogP contribution in [0.1, 0.15) is 22.4 Å². The fourth-order valence-corrected chi connectivity index (χ4v) is 4.93. The third-order valence-corrected chi connectivity index (χ3v) is 6.36. The van der Waals surface area contributed by atoms with E-state index in [2.05, 4.69) is 10.4 Å². The van der Waals surface area contributed by atoms with Gasteiger partial charge in [0.05, 0.1) is 16.5 Å². The third kappa shape index (κ3) is 3.59. The van der Waals surface area contributed by atoms with Crippen molar-refractivity contribution in [3.8, 4) is 0 Å². The summed E-state index contributed by atoms with van der Waals surface area (Å²) in [6, 6.07) is 15.4. The molecule has 0 amide bonds. The molecule has 0 atom stereocenters. The molecule has 0 spiro atoms. The highest BCUT2D eigenvalue weighted by Gasteiger charge is 2.23. The van der Waals surface area contributed by atoms with E-state index in [-0.39, 0.29) is 11.2 Å². The van der Waals surface area contributed by atoms with Crippen molar-refractivity contribution in [2.75, 3.05) is 5.32 Å². The lowest BCUT2D eigenvalue weighted by Gasteiger charge is -2.10. The van der Waals surface area contributed by atoms with Crippen LogP contribution in [0.25, 0.3) is 10.2 Å². The van der Waals surface area contributed by atoms with Crippen LogP contribution >= 0.6 is 11.3 Å². The second kappa shape index (κ2) is 7.77. The Labute approximate surface area is 180 Å². The van der Waals surface area contributed by atoms with Gasteiger partial charge in [-0.15, -0.1) is 11.3 Å². The van der Waals surface area contributed by atoms with Crippen molar-refractivity contribution in [2.45, 2.75) is 19.3 Å². The molecular formula is C22H17N5O3S. The highest BCUT2D eigenvalue weighted by atomic mass is 32.1. The Morgan fingerprint density at radius 1 is 1.13 bits per heavy atom. The number of hydrogen-bond donors (Lipinski definition) is 1. The fraction of sp³-hybridized carbons (Fsp3) is 0.136. The number of rotatable bonds is 5. The zero-order chi connectivity index (χ0) is 21.4. The molecule has 9 heteroatoms. The molecule has 1 aliphatic carbocycles. The topological polar surface area (TPSA) is 102 Å². The first kappa shape index (κ1) is 19.1. The van der Waals surface area contributed by atoms with Gasteiger partial charge in [-0.1, -0.05) is 18.2 Å². The minimum Gasteiger partial charge on any atom is -0.324 e. The van der Waals surface area contributed by atoms with E-state index in [4.69, 9.17) is 4.98 Å². The molecule has 31 heavy (non-hydrogen) atoms. The van der Waals surface area contributed by atoms with Gasteiger partial charge in [0, 0.05) is 22.7 Å². The van der Waals surface area contributed by atoms with E-state index in [0.717, 1.165) is 35.3 Å². The highest BCUT2D eigenvalue weighted by Crippen LogP contribution is 2.35. The van der Waals surface area contributed by atoms with Gasteiger partial charge in [0.25, 0.3) is 11.2 Å². The van der Waals surface area contributed by atoms with Crippen LogP contribution in [0.15, 0.2) is 64.5 Å². The number of aromatic nitrogens is 2. The number of non-ortho nitro benzene ring substituents is 1. The first-order chi connectivity index (χ1) is 15.1. The van der Waals surface area contributed by atoms with Gasteiger partial charge in [0.15, 0.2) is 0 Å². The molecule has 154 valence electrons. The average molecular weight is 431 g/mol. The monoisotopic (exact) mass is 431 g/mol. The number of thiophene rings is 1. The van der Waals surface area contributed by atoms with Crippen LogP contribution in [-0.4, -0.2) is 20.8 Å². The molecule has 4 aromatic rings. The molecule has 2 aromatic carbocycles. The van der Waals surface area contributed by atoms with Gasteiger partial charge >= 0.3 is 0 Å². The number of benzene rings is 2. The van der Waals surface area contributed by atoms with Crippen molar-refractivity contribution >= 4 is 45.1 Å². The van der Waals surface area contributed by atoms with E-state index < -0.39 is 4.92 Å². The van der Waals surface area contributed by atoms with Gasteiger partial charge in [-0.05, 0) is 54.7 Å². The fourth-order valence-electron chi connectivity index (χ4n) is 3.68. The molecule has 5 rings (SSSR count). The van der Waals surface area contributed by atoms with E-state index >= 15 is 0 Å². The maximum Gasteiger partial charge on any atom is 0.284 e. The summed E-state index contributed by atoms with van der Waals surface area (Å²) in [5.74, 6) is 0.321. The molecule has 0 fully saturated rings. The van der Waals surface area contributed by atoms with Crippen LogP contribution in [0.4, 0.5) is 17.3 Å². The molecule has 2 heterocycles. The van der Waals surface area contributed by atoms with Crippen LogP contribution in [0, 0.1) is 10.1 Å². The van der Waals surface area contributed by atoms with Gasteiger partial charge in [-0.3, -0.25) is 14.9 Å². The molecule has 0 saturated carbocycles. The number of nitro groups is 1. The van der Waals surface area contributed by atoms with Crippen molar-refractivity contribution in [2.24, 2.45) is 5.10 Å². The number of hydrogen-bond acceptors (Lipinski definition) is 7. The summed E-state index contributed by atoms with van der Waals surface area (Å²) in [6.45, 7) is 0. The molecule has 0 unspecified atom stereocenters. The normalized spacial score (nSPS) is 13.0. The SMILES string of the molecule is O=c1c2c3c(sc2nc(Nc2ccccc2)n1/N=C/c1ccc([N+](=O)[O-])cc1)CCC3. The van der Waals surface area contributed by atoms with Crippen LogP contribution in [0.5, 0.6) is 0 Å². The molecule has 8 nitrogen and oxygen atoms in total. The summed E-state index contributed by atoms with van der Waals surface area (Å²) in [7, 11) is 0. The third-order valence-electron chi connectivity index (χ3n) is 5.17. The summed E-state index contributed by atoms with van der Waals surface area (Å²) in [6.07, 6.45) is 4.40. The first-order valence-corrected chi connectivity index (χ1v) is 10.6. The summed E-state index contributed by atoms with van der Waals surface area (Å²) in [5, 5.41) is 19.1. The van der Waals surface area contributed by atoms with Crippen molar-refractivity contribution in [1.82, 2.24) is 9.66 Å². The lowest BCUT2D eigenvalue weighted by molar-refractivity contribution is -0.384. The average Bonchev–Trinajstić information content (AvgIpc) is 3.35. The minimum absolute atomic E-state index is 0.00216. The van der Waals surface area contributed by atoms with Crippen molar-refractivity contribution in [3.05, 3.63) is 91.1 Å². The van der Waals surface area contributed by atoms with Crippen molar-refractivity contribution in [1.29, 1.82) is 0 Å². The Hall–Kier alpha value is -3.85. The van der Waals surface area contributed by atoms with Crippen LogP contribution < -0.4 is 10.9 Å². The number of nitrogens with zero attached hydrogens (tertiary/aromatic N) is 4. The van der Waals surface area contributed by atoms with E-state index in [0.29, 0.717) is 16.9 Å². The van der Waals surface area contributed by atoms with Crippen molar-refractivity contribution in [3.63, 3.8) is 0 Å². The van der Waals surface area contributed by atoms with E-state index in [1.807, 2.05) is 30.3 Å². The summed E-state index contributed by atoms with van der Waals surface area (Å²) in [4.78, 5) is 30.5. The maximum atomic E-state index is 13.4. The highest BCUT2D eigenvalue weighted by molar-refractivity contribution is 7.18. The Kier molecular flexibility index (Phi) is 4.79. The number of para-hydroxylation sites is 1. The molecular weight excluding hydrogens is 414 g/mol. The number of nitrogens with one attached hydrogen (secondary N) is 1. The van der Waals surface area contributed by atoms with Gasteiger partial charge in [-0.2, -0.15) is 9.78 Å². The minimum atomic E-state index is -0.456. The molecule has 1 N–H and O–H groups in total. The van der Waals surface area contributed by atoms with Gasteiger partial charge in [0.2, 0.25) is 5.95 Å². The Balaban J connectivity index is 1.61. The van der Waals surface area contributed by atoms with Gasteiger partial charge < -0.3 is 5.32 Å². The van der Waals surface area contributed by atoms with Gasteiger partial charge in [0.1, 0.15) is 4.83 Å². The quantitative estimate of drug-likeness (QED) is 0.285. The van der Waals surface area contributed by atoms with Gasteiger partial charge in [-0.25, -0.2) is 4.98 Å². The Morgan fingerprint density at radius 3 is 2.65 bits per heavy atom. The second-order valence-electron chi connectivity index (χ2n) is 7.17. The van der Waals surface area contributed by atoms with E-state index in [1.54, 1.807) is 23.5 Å². The largest absolute Gasteiger partial charge is 0.324 e. The van der Waals surface area contributed by atoms with E-state index in [1.165, 1.54) is 27.9 Å². The Bertz CT molecular complexity index is 1370. The zero-order valence-electron chi connectivity index (χ0n) is 16.3. The van der Waals surface area contributed by atoms with Crippen LogP contribution in [-0.2, 0) is 12.8 Å². The summed E-state index contributed by atoms with van der Waals surface area (Å²) >= 11 is 1.57. The van der Waals surface area contributed by atoms with Crippen LogP contribution in [0.3, 0.4) is 0 Å². The summed E-state index contributed by atoms with van der Waals surface area (Å²) < 4.78 is 1.27. The zero-order valence-corrected chi connectivity index (χ0v) is 17.1. The predicted octanol–water partition coefficient (Wildman–Crippen LogP) is 4.48. The molecule has 0 bridgehead atoms. The number of anilines is 2. The standard InChI is InChI=1S/C22H17N5O3S/c28-21-19-17-7-4-8-18(17)31-20(19)25-22(24-15-5-2-1-3-6-15)26(21)23-13-14-9-11-16(12-10-14)27(29)30/h1-3,5-6,9-13H,4,7-8H2,(H,24,25)/b23-13+. The predicted molar refractivity (Wildman–Crippen MR) is 122 cm³/mol. The summed E-state index contributed by atoms with van der Waals surface area (Å²) in [5.41, 5.74) is 2.29. The molecule has 0 saturated heterocycles. The van der Waals surface area contributed by atoms with E-state index in [9.17, 15) is 14.9 Å². The van der Waals surface area contributed by atoms with Crippen molar-refractivity contribution < 1.29 is 4.92 Å². The number of aryl methyl sites for hydroxylation is 2. The molecule has 2 aromatic heterocycles.